The number of halogens is 3. The SMILES string of the molecule is CC1(c2cccc(C(F)(F)F)c2)NC(=O)N(C[Si](C)(C)C)C1=O. The first-order chi connectivity index (χ1) is 10.3. The van der Waals surface area contributed by atoms with Crippen molar-refractivity contribution in [3.8, 4) is 0 Å². The molecule has 1 aromatic carbocycles. The molecule has 0 aliphatic carbocycles. The van der Waals surface area contributed by atoms with Gasteiger partial charge in [0.15, 0.2) is 0 Å². The van der Waals surface area contributed by atoms with E-state index in [1.54, 1.807) is 0 Å². The maximum absolute atomic E-state index is 12.9. The number of amides is 3. The van der Waals surface area contributed by atoms with Gasteiger partial charge in [-0.1, -0.05) is 31.8 Å². The van der Waals surface area contributed by atoms with Gasteiger partial charge in [-0.15, -0.1) is 0 Å². The van der Waals surface area contributed by atoms with Gasteiger partial charge in [0.1, 0.15) is 5.54 Å². The van der Waals surface area contributed by atoms with Gasteiger partial charge in [0.25, 0.3) is 5.91 Å². The summed E-state index contributed by atoms with van der Waals surface area (Å²) in [5.41, 5.74) is -2.19. The standard InChI is InChI=1S/C15H19F3N2O2Si/c1-14(10-6-5-7-11(8-10)15(16,17)18)12(21)20(13(22)19-14)9-23(2,3)4/h5-8H,9H2,1-4H3,(H,19,22). The van der Waals surface area contributed by atoms with Crippen molar-refractivity contribution >= 4 is 20.0 Å². The molecule has 1 fully saturated rings. The van der Waals surface area contributed by atoms with Crippen LogP contribution in [0.15, 0.2) is 24.3 Å². The van der Waals surface area contributed by atoms with E-state index in [0.29, 0.717) is 6.17 Å². The van der Waals surface area contributed by atoms with Gasteiger partial charge >= 0.3 is 12.2 Å². The minimum atomic E-state index is -4.50. The highest BCUT2D eigenvalue weighted by Crippen LogP contribution is 2.34. The number of imide groups is 1. The fraction of sp³-hybridized carbons (Fsp3) is 0.467. The van der Waals surface area contributed by atoms with Gasteiger partial charge in [-0.3, -0.25) is 9.69 Å². The topological polar surface area (TPSA) is 49.4 Å². The lowest BCUT2D eigenvalue weighted by Gasteiger charge is -2.25. The van der Waals surface area contributed by atoms with Crippen LogP contribution in [0.4, 0.5) is 18.0 Å². The number of benzene rings is 1. The van der Waals surface area contributed by atoms with Crippen molar-refractivity contribution in [1.82, 2.24) is 10.2 Å². The molecule has 1 aromatic rings. The first-order valence-corrected chi connectivity index (χ1v) is 10.9. The molecule has 23 heavy (non-hydrogen) atoms. The van der Waals surface area contributed by atoms with E-state index in [9.17, 15) is 22.8 Å². The highest BCUT2D eigenvalue weighted by atomic mass is 28.3. The maximum Gasteiger partial charge on any atom is 0.416 e. The number of rotatable bonds is 3. The molecule has 1 unspecified atom stereocenters. The summed E-state index contributed by atoms with van der Waals surface area (Å²) in [7, 11) is -1.75. The highest BCUT2D eigenvalue weighted by Gasteiger charge is 2.50. The lowest BCUT2D eigenvalue weighted by Crippen LogP contribution is -2.45. The van der Waals surface area contributed by atoms with Crippen LogP contribution in [-0.2, 0) is 16.5 Å². The van der Waals surface area contributed by atoms with E-state index in [2.05, 4.69) is 5.32 Å². The zero-order chi connectivity index (χ0) is 17.6. The number of hydrogen-bond acceptors (Lipinski definition) is 2. The van der Waals surface area contributed by atoms with Crippen molar-refractivity contribution in [2.24, 2.45) is 0 Å². The van der Waals surface area contributed by atoms with Crippen LogP contribution in [0.1, 0.15) is 18.1 Å². The van der Waals surface area contributed by atoms with E-state index in [0.717, 1.165) is 17.0 Å². The number of nitrogens with one attached hydrogen (secondary N) is 1. The third-order valence-corrected chi connectivity index (χ3v) is 4.94. The minimum absolute atomic E-state index is 0.128. The van der Waals surface area contributed by atoms with Crippen molar-refractivity contribution in [3.05, 3.63) is 35.4 Å². The van der Waals surface area contributed by atoms with Gasteiger partial charge in [-0.05, 0) is 24.6 Å². The first-order valence-electron chi connectivity index (χ1n) is 7.16. The fourth-order valence-electron chi connectivity index (χ4n) is 2.52. The number of carbonyl (C=O) groups excluding carboxylic acids is 2. The average molecular weight is 344 g/mol. The summed E-state index contributed by atoms with van der Waals surface area (Å²) in [5, 5.41) is 2.54. The third kappa shape index (κ3) is 3.41. The molecule has 1 N–H and O–H groups in total. The molecule has 1 saturated heterocycles. The number of carbonyl (C=O) groups is 2. The van der Waals surface area contributed by atoms with E-state index < -0.39 is 37.3 Å². The van der Waals surface area contributed by atoms with E-state index >= 15 is 0 Å². The summed E-state index contributed by atoms with van der Waals surface area (Å²) < 4.78 is 38.6. The molecule has 3 amide bonds. The molecular weight excluding hydrogens is 325 g/mol. The molecule has 0 spiro atoms. The Balaban J connectivity index is 2.40. The van der Waals surface area contributed by atoms with Crippen molar-refractivity contribution in [2.75, 3.05) is 6.17 Å². The minimum Gasteiger partial charge on any atom is -0.319 e. The largest absolute Gasteiger partial charge is 0.416 e. The molecular formula is C15H19F3N2O2Si. The average Bonchev–Trinajstić information content (AvgIpc) is 2.61. The predicted octanol–water partition coefficient (Wildman–Crippen LogP) is 3.35. The molecule has 0 radical (unpaired) electrons. The second-order valence-electron chi connectivity index (χ2n) is 7.09. The second-order valence-corrected chi connectivity index (χ2v) is 12.5. The number of alkyl halides is 3. The normalized spacial score (nSPS) is 22.5. The van der Waals surface area contributed by atoms with Crippen LogP contribution >= 0.6 is 0 Å². The molecule has 0 bridgehead atoms. The highest BCUT2D eigenvalue weighted by molar-refractivity contribution is 6.76. The molecule has 1 aliphatic rings. The molecule has 4 nitrogen and oxygen atoms in total. The predicted molar refractivity (Wildman–Crippen MR) is 82.4 cm³/mol. The van der Waals surface area contributed by atoms with Gasteiger partial charge in [-0.2, -0.15) is 13.2 Å². The summed E-state index contributed by atoms with van der Waals surface area (Å²) in [6, 6.07) is 3.96. The van der Waals surface area contributed by atoms with E-state index in [-0.39, 0.29) is 5.56 Å². The Morgan fingerprint density at radius 3 is 2.35 bits per heavy atom. The summed E-state index contributed by atoms with van der Waals surface area (Å²) >= 11 is 0. The summed E-state index contributed by atoms with van der Waals surface area (Å²) in [6.45, 7) is 7.46. The molecule has 1 atom stereocenters. The zero-order valence-corrected chi connectivity index (χ0v) is 14.4. The van der Waals surface area contributed by atoms with Crippen molar-refractivity contribution in [1.29, 1.82) is 0 Å². The van der Waals surface area contributed by atoms with E-state index in [1.807, 2.05) is 19.6 Å². The van der Waals surface area contributed by atoms with Gasteiger partial charge in [0, 0.05) is 6.17 Å². The van der Waals surface area contributed by atoms with Crippen LogP contribution in [-0.4, -0.2) is 31.1 Å². The molecule has 0 saturated carbocycles. The zero-order valence-electron chi connectivity index (χ0n) is 13.4. The van der Waals surface area contributed by atoms with Gasteiger partial charge in [-0.25, -0.2) is 4.79 Å². The van der Waals surface area contributed by atoms with Crippen LogP contribution in [0.2, 0.25) is 19.6 Å². The van der Waals surface area contributed by atoms with Gasteiger partial charge < -0.3 is 5.32 Å². The Kier molecular flexibility index (Phi) is 4.09. The smallest absolute Gasteiger partial charge is 0.319 e. The second kappa shape index (κ2) is 5.36. The Bertz CT molecular complexity index is 655. The molecule has 1 aliphatic heterocycles. The van der Waals surface area contributed by atoms with Crippen molar-refractivity contribution < 1.29 is 22.8 Å². The van der Waals surface area contributed by atoms with Crippen LogP contribution in [0.3, 0.4) is 0 Å². The summed E-state index contributed by atoms with van der Waals surface area (Å²) in [6.07, 6.45) is -4.18. The molecule has 0 aromatic heterocycles. The number of urea groups is 1. The number of hydrogen-bond donors (Lipinski definition) is 1. The first kappa shape index (κ1) is 17.5. The Labute approximate surface area is 133 Å². The molecule has 2 rings (SSSR count). The molecule has 8 heteroatoms. The summed E-state index contributed by atoms with van der Waals surface area (Å²) in [5.74, 6) is -0.510. The van der Waals surface area contributed by atoms with Crippen LogP contribution in [0, 0.1) is 0 Å². The van der Waals surface area contributed by atoms with Crippen molar-refractivity contribution in [3.63, 3.8) is 0 Å². The van der Waals surface area contributed by atoms with Crippen LogP contribution in [0.25, 0.3) is 0 Å². The molecule has 126 valence electrons. The molecule has 1 heterocycles. The number of nitrogens with zero attached hydrogens (tertiary/aromatic N) is 1. The monoisotopic (exact) mass is 344 g/mol. The Morgan fingerprint density at radius 2 is 1.83 bits per heavy atom. The lowest BCUT2D eigenvalue weighted by atomic mass is 9.91. The maximum atomic E-state index is 12.9. The van der Waals surface area contributed by atoms with Crippen molar-refractivity contribution in [2.45, 2.75) is 38.3 Å². The fourth-order valence-corrected chi connectivity index (χ4v) is 3.75. The summed E-state index contributed by atoms with van der Waals surface area (Å²) in [4.78, 5) is 25.9. The Morgan fingerprint density at radius 1 is 1.22 bits per heavy atom. The van der Waals surface area contributed by atoms with Gasteiger partial charge in [0.2, 0.25) is 0 Å². The van der Waals surface area contributed by atoms with E-state index in [4.69, 9.17) is 0 Å². The van der Waals surface area contributed by atoms with Gasteiger partial charge in [0.05, 0.1) is 13.6 Å². The van der Waals surface area contributed by atoms with Crippen LogP contribution in [0.5, 0.6) is 0 Å². The van der Waals surface area contributed by atoms with Crippen LogP contribution < -0.4 is 5.32 Å². The lowest BCUT2D eigenvalue weighted by molar-refractivity contribution is -0.138. The van der Waals surface area contributed by atoms with E-state index in [1.165, 1.54) is 19.1 Å². The third-order valence-electron chi connectivity index (χ3n) is 3.67. The quantitative estimate of drug-likeness (QED) is 0.675. The Hall–Kier alpha value is -1.83.